The molecule has 0 aromatic carbocycles. The van der Waals surface area contributed by atoms with Crippen LogP contribution in [0.1, 0.15) is 147 Å². The number of nitrogens with two attached hydrogens (primary N) is 2. The fraction of sp³-hybridized carbons (Fsp3) is 0.541. The zero-order valence-corrected chi connectivity index (χ0v) is 70.6. The normalized spacial score (nSPS) is 17.9. The monoisotopic (exact) mass is 1700 g/mol. The second-order valence-corrected chi connectivity index (χ2v) is 31.9. The van der Waals surface area contributed by atoms with Crippen LogP contribution >= 0.6 is 45.3 Å². The molecule has 0 spiro atoms. The van der Waals surface area contributed by atoms with E-state index >= 15 is 0 Å². The van der Waals surface area contributed by atoms with E-state index in [0.29, 0.717) is 89.9 Å². The van der Waals surface area contributed by atoms with Crippen LogP contribution in [-0.4, -0.2) is 195 Å². The number of carboxylic acid groups (broad SMARTS) is 1. The largest absolute Gasteiger partial charge is 1.00 e. The van der Waals surface area contributed by atoms with E-state index in [0.717, 1.165) is 92.0 Å². The third kappa shape index (κ3) is 24.5. The van der Waals surface area contributed by atoms with Crippen molar-refractivity contribution in [3.63, 3.8) is 0 Å². The molecule has 8 bridgehead atoms. The van der Waals surface area contributed by atoms with Gasteiger partial charge in [-0.3, -0.25) is 55.3 Å². The molecule has 4 unspecified atom stereocenters. The van der Waals surface area contributed by atoms with E-state index in [2.05, 4.69) is 40.2 Å². The number of halogens is 3. The van der Waals surface area contributed by atoms with Gasteiger partial charge < -0.3 is 62.2 Å². The van der Waals surface area contributed by atoms with Crippen LogP contribution in [0, 0.1) is 5.41 Å². The summed E-state index contributed by atoms with van der Waals surface area (Å²) < 4.78 is 116. The molecule has 0 radical (unpaired) electrons. The van der Waals surface area contributed by atoms with Crippen molar-refractivity contribution < 1.29 is 166 Å². The average Bonchev–Trinajstić information content (AvgIpc) is 1.61. The fourth-order valence-corrected chi connectivity index (χ4v) is 17.1. The number of aromatic nitrogens is 4. The second kappa shape index (κ2) is 39.9. The summed E-state index contributed by atoms with van der Waals surface area (Å²) in [6, 6.07) is -3.73. The summed E-state index contributed by atoms with van der Waals surface area (Å²) in [5.74, 6) is -2.65. The number of allylic oxidation sites excluding steroid dienone is 2. The fourth-order valence-electron chi connectivity index (χ4n) is 11.9. The van der Waals surface area contributed by atoms with Crippen molar-refractivity contribution in [2.75, 3.05) is 46.0 Å². The van der Waals surface area contributed by atoms with Crippen LogP contribution in [-0.2, 0) is 101 Å². The molecule has 4 atom stereocenters. The van der Waals surface area contributed by atoms with E-state index in [1.807, 2.05) is 18.4 Å². The molecule has 4 aromatic heterocycles. The SMILES string of the molecule is C=C(C)CCCn1c2c(sc1=O)C1CN(C2)C(=O)N1OS(=O)(=O)[O-].C=CCON1C(=O)N2Cc3c(sc(=O)n3CCCC(=C)C)C1C2.C=CCON1C(=O)N2Cc3c(sc(=O)n3CCO)C1C2.CC(=N)NC(=O)OC(C)(C)C.NC(=[NH2+])CCCn1c2c(sc1=O)C1CN(C2)C(=O)N1OS(=O)(=O)[O-].O=C([O-])C(F)(F)F.[Na+].[Na+]. The number of aliphatic hydroxyl groups excluding tert-OH is 1. The molecule has 8 aliphatic heterocycles. The number of alkyl carbamates (subject to hydrolysis) is 1. The number of hydrogen-bond donors (Lipinski definition) is 5. The number of aliphatic carboxylic acids is 1. The van der Waals surface area contributed by atoms with Gasteiger partial charge >= 0.3 is 115 Å². The first-order chi connectivity index (χ1) is 50.8. The number of alkyl halides is 3. The van der Waals surface area contributed by atoms with Gasteiger partial charge in [0.1, 0.15) is 35.7 Å². The van der Waals surface area contributed by atoms with E-state index in [4.69, 9.17) is 46.0 Å². The molecule has 39 nitrogen and oxygen atoms in total. The van der Waals surface area contributed by atoms with Gasteiger partial charge in [0.25, 0.3) is 0 Å². The number of carbonyl (C=O) groups excluding carboxylic acids is 6. The number of thiazole rings is 4. The van der Waals surface area contributed by atoms with E-state index in [1.165, 1.54) is 42.8 Å². The Hall–Kier alpha value is -6.95. The number of nitrogens with one attached hydrogen (secondary N) is 2. The van der Waals surface area contributed by atoms with Gasteiger partial charge in [0.2, 0.25) is 26.6 Å². The quantitative estimate of drug-likeness (QED) is 0.0112. The van der Waals surface area contributed by atoms with Crippen LogP contribution in [0.4, 0.5) is 37.1 Å². The van der Waals surface area contributed by atoms with Crippen LogP contribution in [0.5, 0.6) is 0 Å². The number of nitrogens with zero attached hydrogens (tertiary/aromatic N) is 12. The molecule has 7 N–H and O–H groups in total. The standard InChI is InChI=1S/C16H21N3O3S.C13H17N3O6S2.C12H15N3O4S.C11H15N5O6S2.C7H14N2O2.C2HF3O2.2Na/c1-4-8-22-19-13-10-17(15(19)20)9-12-14(13)23-16(21)18(12)7-5-6-11(2)3;1-8(2)4-3-5-15-9-6-14-7-10(11(9)23-13(15)18)16(12(14)17)22-24(19,20)21;1-2-5-19-15-9-7-13(11(15)17)6-8-10(9)20-12(18)14(8)3-4-16;12-8(13)2-1-3-15-6-4-14-5-7(9(6)23-11(15)18)16(10(14)17)22-24(19,20)21;1-5(8)9-6(10)11-7(2,3)4;3-2(4,5)1(6)7;;/h4,13H,1-2,5-10H2,3H3;10H,1,3-7H2,2H3,(H,19,20,21);2,9,16H,1,3-7H2;7H,1-5H2,(H3,12,13)(H,19,20,21);1-4H3,(H2,8,9,10);(H,6,7);;/q;;;;;;2*+1/p-2. The second-order valence-electron chi connectivity index (χ2n) is 26.0. The molecule has 12 rings (SSSR count). The summed E-state index contributed by atoms with van der Waals surface area (Å²) in [7, 11) is -10.2. The molecule has 0 aliphatic carbocycles. The molecule has 0 saturated carbocycles. The summed E-state index contributed by atoms with van der Waals surface area (Å²) in [6.45, 7) is 30.4. The minimum absolute atomic E-state index is 0. The van der Waals surface area contributed by atoms with Crippen LogP contribution < -0.4 is 100 Å². The minimum atomic E-state index is -5.19. The number of ether oxygens (including phenoxy) is 1. The number of fused-ring (bicyclic) bond motifs is 16. The number of carbonyl (C=O) groups is 6. The van der Waals surface area contributed by atoms with Crippen LogP contribution in [0.15, 0.2) is 68.8 Å². The van der Waals surface area contributed by atoms with Gasteiger partial charge in [-0.15, -0.1) is 26.3 Å². The van der Waals surface area contributed by atoms with E-state index in [9.17, 15) is 82.3 Å². The van der Waals surface area contributed by atoms with E-state index in [1.54, 1.807) is 51.9 Å². The summed E-state index contributed by atoms with van der Waals surface area (Å²) in [5.41, 5.74) is 10.1. The van der Waals surface area contributed by atoms with Crippen molar-refractivity contribution >= 4 is 114 Å². The smallest absolute Gasteiger partial charge is 0.724 e. The number of amides is 9. The maximum Gasteiger partial charge on any atom is 1.00 e. The summed E-state index contributed by atoms with van der Waals surface area (Å²) in [4.78, 5) is 137. The number of aliphatic hydroxyl groups is 1. The van der Waals surface area contributed by atoms with Crippen LogP contribution in [0.2, 0.25) is 0 Å². The first kappa shape index (κ1) is 94.6. The predicted molar refractivity (Wildman–Crippen MR) is 379 cm³/mol. The number of hydrogen-bond acceptors (Lipinski definition) is 28. The topological polar surface area (TPSA) is 508 Å². The molecule has 4 fully saturated rings. The molecule has 9 amide bonds. The van der Waals surface area contributed by atoms with Crippen molar-refractivity contribution in [3.8, 4) is 0 Å². The molecule has 8 aliphatic rings. The molecule has 12 heterocycles. The Kier molecular flexibility index (Phi) is 34.0. The summed E-state index contributed by atoms with van der Waals surface area (Å²) >= 11 is 4.22. The summed E-state index contributed by atoms with van der Waals surface area (Å²) in [5, 5.41) is 36.2. The van der Waals surface area contributed by atoms with E-state index < -0.39 is 68.8 Å². The van der Waals surface area contributed by atoms with Gasteiger partial charge in [-0.2, -0.15) is 42.0 Å². The van der Waals surface area contributed by atoms with Gasteiger partial charge in [-0.05, 0) is 73.6 Å². The Bertz CT molecular complexity index is 4540. The van der Waals surface area contributed by atoms with Crippen molar-refractivity contribution in [2.24, 2.45) is 5.73 Å². The van der Waals surface area contributed by atoms with Crippen LogP contribution in [0.25, 0.3) is 0 Å². The van der Waals surface area contributed by atoms with Gasteiger partial charge in [0, 0.05) is 32.6 Å². The van der Waals surface area contributed by atoms with Gasteiger partial charge in [-0.25, -0.2) is 40.8 Å². The van der Waals surface area contributed by atoms with Gasteiger partial charge in [-0.1, -0.05) is 68.6 Å². The molecule has 4 aromatic rings. The first-order valence-electron chi connectivity index (χ1n) is 32.9. The number of amidine groups is 2. The number of carboxylic acids is 1. The van der Waals surface area contributed by atoms with Gasteiger partial charge in [0.15, 0.2) is 0 Å². The maximum absolute atomic E-state index is 12.4. The number of urea groups is 4. The Balaban J connectivity index is 0.000000246. The Labute approximate surface area is 693 Å². The number of hydroxylamine groups is 8. The summed E-state index contributed by atoms with van der Waals surface area (Å²) in [6.07, 6.45) is 1.73. The Morgan fingerprint density at radius 2 is 0.865 bits per heavy atom. The number of rotatable bonds is 24. The van der Waals surface area contributed by atoms with Crippen molar-refractivity contribution in [1.29, 1.82) is 5.41 Å². The maximum atomic E-state index is 12.4. The predicted octanol–water partition coefficient (Wildman–Crippen LogP) is -3.76. The van der Waals surface area contributed by atoms with Crippen molar-refractivity contribution in [1.82, 2.24) is 63.4 Å². The van der Waals surface area contributed by atoms with Gasteiger partial charge in [0.05, 0.1) is 120 Å². The van der Waals surface area contributed by atoms with Crippen LogP contribution in [0.3, 0.4) is 0 Å². The minimum Gasteiger partial charge on any atom is -0.724 e. The molecular formula is C61H81F3N16Na2O23S6. The third-order valence-electron chi connectivity index (χ3n) is 16.3. The molecule has 4 saturated heterocycles. The first-order valence-corrected chi connectivity index (χ1v) is 38.8. The zero-order valence-electron chi connectivity index (χ0n) is 61.7. The average molecular weight is 1700 g/mol. The molecule has 50 heteroatoms. The van der Waals surface area contributed by atoms with Crippen molar-refractivity contribution in [3.05, 3.63) is 131 Å². The Morgan fingerprint density at radius 3 is 1.11 bits per heavy atom. The van der Waals surface area contributed by atoms with E-state index in [-0.39, 0.29) is 167 Å². The Morgan fingerprint density at radius 1 is 0.586 bits per heavy atom. The molecule has 111 heavy (non-hydrogen) atoms. The zero-order chi connectivity index (χ0) is 81.3. The molecular weight excluding hydrogens is 1620 g/mol. The van der Waals surface area contributed by atoms with Crippen molar-refractivity contribution in [2.45, 2.75) is 168 Å². The molecule has 602 valence electrons. The third-order valence-corrected chi connectivity index (χ3v) is 21.5.